The minimum atomic E-state index is -0.943. The highest BCUT2D eigenvalue weighted by molar-refractivity contribution is 5.64. The first kappa shape index (κ1) is 11.4. The van der Waals surface area contributed by atoms with E-state index < -0.39 is 12.0 Å². The Bertz CT molecular complexity index is 366. The van der Waals surface area contributed by atoms with Crippen molar-refractivity contribution in [3.63, 3.8) is 0 Å². The van der Waals surface area contributed by atoms with E-state index >= 15 is 0 Å². The Morgan fingerprint density at radius 1 is 1.47 bits per heavy atom. The van der Waals surface area contributed by atoms with Gasteiger partial charge >= 0.3 is 6.16 Å². The van der Waals surface area contributed by atoms with Crippen molar-refractivity contribution in [2.45, 2.75) is 19.8 Å². The van der Waals surface area contributed by atoms with Gasteiger partial charge in [-0.25, -0.2) is 9.18 Å². The third kappa shape index (κ3) is 2.65. The third-order valence-corrected chi connectivity index (χ3v) is 1.85. The van der Waals surface area contributed by atoms with E-state index in [4.69, 9.17) is 4.74 Å². The molecule has 0 saturated carbocycles. The van der Waals surface area contributed by atoms with E-state index in [2.05, 4.69) is 9.72 Å². The van der Waals surface area contributed by atoms with Crippen molar-refractivity contribution >= 4 is 6.16 Å². The number of rotatable bonds is 2. The van der Waals surface area contributed by atoms with Crippen LogP contribution in [0, 0.1) is 5.82 Å². The zero-order chi connectivity index (χ0) is 11.4. The van der Waals surface area contributed by atoms with E-state index in [9.17, 15) is 9.18 Å². The van der Waals surface area contributed by atoms with Crippen LogP contribution in [0.25, 0.3) is 0 Å². The maximum Gasteiger partial charge on any atom is 0.513 e. The van der Waals surface area contributed by atoms with Crippen molar-refractivity contribution in [3.8, 4) is 5.75 Å². The molecule has 82 valence electrons. The number of aromatic nitrogens is 1. The van der Waals surface area contributed by atoms with Crippen LogP contribution in [0.5, 0.6) is 5.75 Å². The molecule has 0 spiro atoms. The number of carbonyl (C=O) groups excluding carboxylic acids is 1. The lowest BCUT2D eigenvalue weighted by Crippen LogP contribution is -2.11. The van der Waals surface area contributed by atoms with E-state index in [0.29, 0.717) is 5.56 Å². The maximum absolute atomic E-state index is 13.3. The fraction of sp³-hybridized carbons (Fsp3) is 0.400. The standard InChI is InChI=1S/C10H12FNO3/c1-6(2)7-4-12-5-8(11)9(7)15-10(13)14-3/h4-6H,1-3H3. The largest absolute Gasteiger partial charge is 0.513 e. The monoisotopic (exact) mass is 213 g/mol. The van der Waals surface area contributed by atoms with Gasteiger partial charge in [-0.15, -0.1) is 0 Å². The maximum atomic E-state index is 13.3. The van der Waals surface area contributed by atoms with Crippen LogP contribution < -0.4 is 4.74 Å². The second-order valence-corrected chi connectivity index (χ2v) is 3.25. The van der Waals surface area contributed by atoms with Gasteiger partial charge in [0, 0.05) is 11.8 Å². The molecule has 0 aliphatic rings. The molecule has 4 nitrogen and oxygen atoms in total. The van der Waals surface area contributed by atoms with Crippen LogP contribution in [0.3, 0.4) is 0 Å². The van der Waals surface area contributed by atoms with Gasteiger partial charge in [0.05, 0.1) is 13.3 Å². The van der Waals surface area contributed by atoms with Gasteiger partial charge < -0.3 is 9.47 Å². The number of carbonyl (C=O) groups is 1. The van der Waals surface area contributed by atoms with Crippen molar-refractivity contribution in [2.75, 3.05) is 7.11 Å². The van der Waals surface area contributed by atoms with Crippen molar-refractivity contribution in [3.05, 3.63) is 23.8 Å². The predicted molar refractivity (Wildman–Crippen MR) is 51.3 cm³/mol. The molecule has 0 unspecified atom stereocenters. The Hall–Kier alpha value is -1.65. The molecule has 0 radical (unpaired) electrons. The van der Waals surface area contributed by atoms with E-state index in [1.165, 1.54) is 6.20 Å². The molecule has 1 aromatic heterocycles. The predicted octanol–water partition coefficient (Wildman–Crippen LogP) is 2.49. The van der Waals surface area contributed by atoms with Crippen LogP contribution in [0.1, 0.15) is 25.3 Å². The molecule has 0 N–H and O–H groups in total. The molecule has 1 aromatic rings. The SMILES string of the molecule is COC(=O)Oc1c(F)cncc1C(C)C. The minimum absolute atomic E-state index is 0.00727. The van der Waals surface area contributed by atoms with E-state index in [0.717, 1.165) is 13.3 Å². The summed E-state index contributed by atoms with van der Waals surface area (Å²) in [5, 5.41) is 0. The third-order valence-electron chi connectivity index (χ3n) is 1.85. The van der Waals surface area contributed by atoms with Gasteiger partial charge in [-0.3, -0.25) is 4.98 Å². The average Bonchev–Trinajstić information content (AvgIpc) is 2.20. The number of methoxy groups -OCH3 is 1. The fourth-order valence-corrected chi connectivity index (χ4v) is 1.08. The molecule has 0 aliphatic heterocycles. The zero-order valence-corrected chi connectivity index (χ0v) is 8.78. The van der Waals surface area contributed by atoms with Gasteiger partial charge in [0.2, 0.25) is 0 Å². The molecule has 0 aromatic carbocycles. The Morgan fingerprint density at radius 2 is 2.13 bits per heavy atom. The highest BCUT2D eigenvalue weighted by atomic mass is 19.1. The molecular weight excluding hydrogens is 201 g/mol. The normalized spacial score (nSPS) is 10.2. The second kappa shape index (κ2) is 4.72. The summed E-state index contributed by atoms with van der Waals surface area (Å²) < 4.78 is 22.3. The summed E-state index contributed by atoms with van der Waals surface area (Å²) in [5.74, 6) is -0.786. The summed E-state index contributed by atoms with van der Waals surface area (Å²) >= 11 is 0. The molecule has 0 fully saturated rings. The topological polar surface area (TPSA) is 48.4 Å². The minimum Gasteiger partial charge on any atom is -0.437 e. The first-order valence-corrected chi connectivity index (χ1v) is 4.45. The summed E-state index contributed by atoms with van der Waals surface area (Å²) in [5.41, 5.74) is 0.528. The van der Waals surface area contributed by atoms with Crippen LogP contribution in [-0.4, -0.2) is 18.2 Å². The van der Waals surface area contributed by atoms with Crippen molar-refractivity contribution in [1.29, 1.82) is 0 Å². The van der Waals surface area contributed by atoms with Crippen LogP contribution in [0.15, 0.2) is 12.4 Å². The highest BCUT2D eigenvalue weighted by Crippen LogP contribution is 2.28. The van der Waals surface area contributed by atoms with Gasteiger partial charge in [-0.05, 0) is 5.92 Å². The van der Waals surface area contributed by atoms with Crippen molar-refractivity contribution in [1.82, 2.24) is 4.98 Å². The number of hydrogen-bond acceptors (Lipinski definition) is 4. The zero-order valence-electron chi connectivity index (χ0n) is 8.78. The van der Waals surface area contributed by atoms with Gasteiger partial charge in [0.1, 0.15) is 0 Å². The lowest BCUT2D eigenvalue weighted by Gasteiger charge is -2.11. The summed E-state index contributed by atoms with van der Waals surface area (Å²) in [4.78, 5) is 14.6. The van der Waals surface area contributed by atoms with Gasteiger partial charge in [0.15, 0.2) is 11.6 Å². The molecule has 15 heavy (non-hydrogen) atoms. The lowest BCUT2D eigenvalue weighted by atomic mass is 10.0. The number of hydrogen-bond donors (Lipinski definition) is 0. The van der Waals surface area contributed by atoms with Crippen LogP contribution in [0.4, 0.5) is 9.18 Å². The first-order valence-electron chi connectivity index (χ1n) is 4.45. The molecule has 0 aliphatic carbocycles. The van der Waals surface area contributed by atoms with Gasteiger partial charge in [0.25, 0.3) is 0 Å². The molecule has 5 heteroatoms. The van der Waals surface area contributed by atoms with E-state index in [1.807, 2.05) is 13.8 Å². The number of pyridine rings is 1. The summed E-state index contributed by atoms with van der Waals surface area (Å²) in [6.45, 7) is 3.70. The molecule has 1 rings (SSSR count). The summed E-state index contributed by atoms with van der Waals surface area (Å²) in [7, 11) is 1.16. The Kier molecular flexibility index (Phi) is 3.60. The summed E-state index contributed by atoms with van der Waals surface area (Å²) in [6, 6.07) is 0. The number of nitrogens with zero attached hydrogens (tertiary/aromatic N) is 1. The lowest BCUT2D eigenvalue weighted by molar-refractivity contribution is 0.119. The van der Waals surface area contributed by atoms with E-state index in [-0.39, 0.29) is 11.7 Å². The quantitative estimate of drug-likeness (QED) is 0.708. The molecule has 1 heterocycles. The number of ether oxygens (including phenoxy) is 2. The first-order chi connectivity index (χ1) is 7.06. The molecule has 0 bridgehead atoms. The molecule has 0 amide bonds. The van der Waals surface area contributed by atoms with Crippen LogP contribution in [-0.2, 0) is 4.74 Å². The second-order valence-electron chi connectivity index (χ2n) is 3.25. The van der Waals surface area contributed by atoms with Crippen molar-refractivity contribution < 1.29 is 18.7 Å². The molecule has 0 atom stereocenters. The van der Waals surface area contributed by atoms with Crippen LogP contribution in [0.2, 0.25) is 0 Å². The summed E-state index contributed by atoms with van der Waals surface area (Å²) in [6.07, 6.45) is 1.51. The Labute approximate surface area is 87.0 Å². The Balaban J connectivity index is 3.07. The van der Waals surface area contributed by atoms with Crippen LogP contribution >= 0.6 is 0 Å². The smallest absolute Gasteiger partial charge is 0.437 e. The molecular formula is C10H12FNO3. The van der Waals surface area contributed by atoms with E-state index in [1.54, 1.807) is 0 Å². The Morgan fingerprint density at radius 3 is 2.67 bits per heavy atom. The fourth-order valence-electron chi connectivity index (χ4n) is 1.08. The molecule has 0 saturated heterocycles. The van der Waals surface area contributed by atoms with Crippen molar-refractivity contribution in [2.24, 2.45) is 0 Å². The highest BCUT2D eigenvalue weighted by Gasteiger charge is 2.17. The number of halogens is 1. The van der Waals surface area contributed by atoms with Gasteiger partial charge in [-0.1, -0.05) is 13.8 Å². The average molecular weight is 213 g/mol. The van der Waals surface area contributed by atoms with Gasteiger partial charge in [-0.2, -0.15) is 0 Å².